The third kappa shape index (κ3) is 43.7. The van der Waals surface area contributed by atoms with Crippen molar-refractivity contribution in [2.24, 2.45) is 0 Å². The molecule has 0 saturated heterocycles. The van der Waals surface area contributed by atoms with E-state index >= 15 is 0 Å². The number of nitrogens with one attached hydrogen (secondary N) is 1. The highest BCUT2D eigenvalue weighted by Gasteiger charge is 2.24. The Morgan fingerprint density at radius 3 is 1.34 bits per heavy atom. The van der Waals surface area contributed by atoms with Crippen LogP contribution in [0.2, 0.25) is 0 Å². The molecule has 356 valence electrons. The smallest absolute Gasteiger partial charge is 0.306 e. The second kappa shape index (κ2) is 49.1. The van der Waals surface area contributed by atoms with Gasteiger partial charge in [-0.05, 0) is 70.6 Å². The molecular formula is C56H97NO5. The van der Waals surface area contributed by atoms with Gasteiger partial charge in [-0.25, -0.2) is 0 Å². The molecule has 0 bridgehead atoms. The van der Waals surface area contributed by atoms with E-state index in [1.54, 1.807) is 0 Å². The lowest BCUT2D eigenvalue weighted by atomic mass is 10.0. The largest absolute Gasteiger partial charge is 0.462 e. The van der Waals surface area contributed by atoms with Crippen molar-refractivity contribution < 1.29 is 24.5 Å². The maximum absolute atomic E-state index is 13.2. The van der Waals surface area contributed by atoms with Gasteiger partial charge >= 0.3 is 5.97 Å². The number of amides is 1. The van der Waals surface area contributed by atoms with Crippen molar-refractivity contribution in [2.45, 2.75) is 251 Å². The lowest BCUT2D eigenvalue weighted by molar-refractivity contribution is -0.151. The molecule has 0 aromatic carbocycles. The normalized spacial score (nSPS) is 14.0. The molecule has 0 aliphatic carbocycles. The van der Waals surface area contributed by atoms with Gasteiger partial charge in [0, 0.05) is 6.42 Å². The molecule has 0 aliphatic rings. The van der Waals surface area contributed by atoms with Crippen LogP contribution >= 0.6 is 0 Å². The Bertz CT molecular complexity index is 1200. The number of ether oxygens (including phenoxy) is 1. The summed E-state index contributed by atoms with van der Waals surface area (Å²) in [6, 6.07) is -0.725. The van der Waals surface area contributed by atoms with E-state index in [1.165, 1.54) is 103 Å². The number of rotatable bonds is 45. The topological polar surface area (TPSA) is 95.9 Å². The van der Waals surface area contributed by atoms with E-state index in [1.807, 2.05) is 30.4 Å². The molecule has 6 heteroatoms. The van der Waals surface area contributed by atoms with E-state index in [4.69, 9.17) is 4.74 Å². The Kier molecular flexibility index (Phi) is 46.7. The number of unbranched alkanes of at least 4 members (excludes halogenated alkanes) is 24. The number of allylic oxidation sites excluding steroid dienone is 14. The second-order valence-corrected chi connectivity index (χ2v) is 17.3. The van der Waals surface area contributed by atoms with E-state index in [-0.39, 0.29) is 24.9 Å². The molecule has 1 amide bonds. The van der Waals surface area contributed by atoms with Gasteiger partial charge in [-0.15, -0.1) is 0 Å². The zero-order valence-corrected chi connectivity index (χ0v) is 40.5. The first-order valence-corrected chi connectivity index (χ1v) is 25.9. The van der Waals surface area contributed by atoms with Crippen LogP contribution in [0.25, 0.3) is 0 Å². The minimum atomic E-state index is -0.808. The molecule has 0 radical (unpaired) electrons. The SMILES string of the molecule is CC/C=C/C=C/C=C\C=C/CCCCCC(=O)OC(CCCCC/C=C/C=C/C=C/CCCCCCC)CC(=O)NC(CO)C(O)CCCCCCCCCCCCCCCC. The Hall–Kier alpha value is -2.96. The minimum Gasteiger partial charge on any atom is -0.462 e. The van der Waals surface area contributed by atoms with Gasteiger partial charge in [-0.3, -0.25) is 9.59 Å². The van der Waals surface area contributed by atoms with Gasteiger partial charge in [-0.1, -0.05) is 234 Å². The fraction of sp³-hybridized carbons (Fsp3) is 0.714. The third-order valence-electron chi connectivity index (χ3n) is 11.4. The average Bonchev–Trinajstić information content (AvgIpc) is 3.26. The van der Waals surface area contributed by atoms with Gasteiger partial charge in [0.05, 0.1) is 25.2 Å². The highest BCUT2D eigenvalue weighted by Crippen LogP contribution is 2.17. The number of hydrogen-bond donors (Lipinski definition) is 3. The zero-order valence-electron chi connectivity index (χ0n) is 40.5. The number of carbonyl (C=O) groups is 2. The minimum absolute atomic E-state index is 0.0349. The van der Waals surface area contributed by atoms with Crippen LogP contribution in [-0.2, 0) is 14.3 Å². The maximum atomic E-state index is 13.2. The number of carbonyl (C=O) groups excluding carboxylic acids is 2. The van der Waals surface area contributed by atoms with Crippen LogP contribution in [0.4, 0.5) is 0 Å². The van der Waals surface area contributed by atoms with Crippen LogP contribution in [-0.4, -0.2) is 46.9 Å². The van der Waals surface area contributed by atoms with Crippen molar-refractivity contribution in [3.8, 4) is 0 Å². The Morgan fingerprint density at radius 2 is 0.871 bits per heavy atom. The number of aliphatic hydroxyl groups is 2. The van der Waals surface area contributed by atoms with Gasteiger partial charge in [0.15, 0.2) is 0 Å². The van der Waals surface area contributed by atoms with E-state index in [9.17, 15) is 19.8 Å². The lowest BCUT2D eigenvalue weighted by Crippen LogP contribution is -2.46. The summed E-state index contributed by atoms with van der Waals surface area (Å²) in [5, 5.41) is 23.8. The van der Waals surface area contributed by atoms with Crippen LogP contribution in [0, 0.1) is 0 Å². The molecule has 0 heterocycles. The molecule has 0 spiro atoms. The molecule has 6 nitrogen and oxygen atoms in total. The van der Waals surface area contributed by atoms with Crippen molar-refractivity contribution in [3.63, 3.8) is 0 Å². The van der Waals surface area contributed by atoms with E-state index in [0.29, 0.717) is 19.3 Å². The first-order valence-electron chi connectivity index (χ1n) is 25.9. The first-order chi connectivity index (χ1) is 30.5. The predicted molar refractivity (Wildman–Crippen MR) is 268 cm³/mol. The molecule has 3 N–H and O–H groups in total. The number of esters is 1. The Morgan fingerprint density at radius 1 is 0.484 bits per heavy atom. The van der Waals surface area contributed by atoms with Gasteiger partial charge in [-0.2, -0.15) is 0 Å². The summed E-state index contributed by atoms with van der Waals surface area (Å²) >= 11 is 0. The van der Waals surface area contributed by atoms with E-state index in [0.717, 1.165) is 83.5 Å². The standard InChI is InChI=1S/C56H97NO5/c1-4-7-10-13-16-19-22-25-27-28-30-32-35-38-41-44-47-52(62-56(61)49-46-43-40-37-34-29-24-21-18-15-12-9-6-3)50-55(60)57-53(51-58)54(59)48-45-42-39-36-33-31-26-23-20-17-14-11-8-5-2/h9,12,15,18,21-22,24-25,27-30,32,34,52-54,58-59H,4-8,10-11,13-14,16-17,19-20,23,26,31,33,35-51H2,1-3H3,(H,57,60)/b12-9+,18-15+,24-21-,25-22+,28-27+,32-30+,34-29-. The van der Waals surface area contributed by atoms with Crippen LogP contribution in [0.15, 0.2) is 85.1 Å². The summed E-state index contributed by atoms with van der Waals surface area (Å²) in [4.78, 5) is 26.1. The molecule has 3 atom stereocenters. The highest BCUT2D eigenvalue weighted by atomic mass is 16.5. The molecule has 0 aliphatic heterocycles. The molecule has 0 aromatic heterocycles. The van der Waals surface area contributed by atoms with Crippen LogP contribution in [0.1, 0.15) is 233 Å². The quantitative estimate of drug-likeness (QED) is 0.0322. The molecule has 0 fully saturated rings. The van der Waals surface area contributed by atoms with Crippen LogP contribution in [0.5, 0.6) is 0 Å². The van der Waals surface area contributed by atoms with Crippen molar-refractivity contribution in [3.05, 3.63) is 85.1 Å². The fourth-order valence-corrected chi connectivity index (χ4v) is 7.44. The van der Waals surface area contributed by atoms with Gasteiger partial charge in [0.2, 0.25) is 5.91 Å². The second-order valence-electron chi connectivity index (χ2n) is 17.3. The Balaban J connectivity index is 4.72. The lowest BCUT2D eigenvalue weighted by Gasteiger charge is -2.24. The van der Waals surface area contributed by atoms with Crippen molar-refractivity contribution in [1.29, 1.82) is 0 Å². The van der Waals surface area contributed by atoms with Gasteiger partial charge in [0.1, 0.15) is 6.10 Å². The summed E-state index contributed by atoms with van der Waals surface area (Å²) in [6.07, 6.45) is 63.5. The monoisotopic (exact) mass is 864 g/mol. The maximum Gasteiger partial charge on any atom is 0.306 e. The summed E-state index contributed by atoms with van der Waals surface area (Å²) in [6.45, 7) is 6.31. The number of aliphatic hydroxyl groups excluding tert-OH is 2. The number of hydrogen-bond acceptors (Lipinski definition) is 5. The average molecular weight is 864 g/mol. The summed E-state index contributed by atoms with van der Waals surface area (Å²) in [7, 11) is 0. The van der Waals surface area contributed by atoms with Crippen LogP contribution in [0.3, 0.4) is 0 Å². The first kappa shape index (κ1) is 59.0. The van der Waals surface area contributed by atoms with Gasteiger partial charge < -0.3 is 20.3 Å². The molecule has 0 rings (SSSR count). The molecule has 0 aromatic rings. The molecule has 3 unspecified atom stereocenters. The Labute approximate surface area is 383 Å². The highest BCUT2D eigenvalue weighted by molar-refractivity contribution is 5.77. The van der Waals surface area contributed by atoms with E-state index in [2.05, 4.69) is 80.8 Å². The summed E-state index contributed by atoms with van der Waals surface area (Å²) in [5.41, 5.74) is 0. The fourth-order valence-electron chi connectivity index (χ4n) is 7.44. The van der Waals surface area contributed by atoms with Crippen LogP contribution < -0.4 is 5.32 Å². The van der Waals surface area contributed by atoms with Crippen molar-refractivity contribution in [1.82, 2.24) is 5.32 Å². The molecule has 0 saturated carbocycles. The summed E-state index contributed by atoms with van der Waals surface area (Å²) in [5.74, 6) is -0.558. The van der Waals surface area contributed by atoms with E-state index < -0.39 is 18.2 Å². The predicted octanol–water partition coefficient (Wildman–Crippen LogP) is 15.6. The molecule has 62 heavy (non-hydrogen) atoms. The van der Waals surface area contributed by atoms with Crippen molar-refractivity contribution in [2.75, 3.05) is 6.61 Å². The zero-order chi connectivity index (χ0) is 45.2. The summed E-state index contributed by atoms with van der Waals surface area (Å²) < 4.78 is 5.90. The third-order valence-corrected chi connectivity index (χ3v) is 11.4. The molecular weight excluding hydrogens is 767 g/mol. The van der Waals surface area contributed by atoms with Crippen molar-refractivity contribution >= 4 is 11.9 Å². The van der Waals surface area contributed by atoms with Gasteiger partial charge in [0.25, 0.3) is 0 Å².